The highest BCUT2D eigenvalue weighted by Crippen LogP contribution is 2.37. The first-order valence-electron chi connectivity index (χ1n) is 7.75. The number of hydrogen-bond donors (Lipinski definition) is 1. The maximum atomic E-state index is 6.18. The van der Waals surface area contributed by atoms with Crippen molar-refractivity contribution in [3.05, 3.63) is 35.9 Å². The highest BCUT2D eigenvalue weighted by atomic mass is 32.1. The van der Waals surface area contributed by atoms with Crippen LogP contribution in [0.4, 0.5) is 0 Å². The lowest BCUT2D eigenvalue weighted by molar-refractivity contribution is 0.148. The molecule has 110 valence electrons. The normalized spacial score (nSPS) is 18.9. The summed E-state index contributed by atoms with van der Waals surface area (Å²) < 4.78 is 6.18. The van der Waals surface area contributed by atoms with Crippen molar-refractivity contribution in [3.63, 3.8) is 0 Å². The van der Waals surface area contributed by atoms with E-state index >= 15 is 0 Å². The second-order valence-electron chi connectivity index (χ2n) is 5.90. The number of ether oxygens (including phenoxy) is 1. The predicted molar refractivity (Wildman–Crippen MR) is 90.6 cm³/mol. The Kier molecular flexibility index (Phi) is 6.03. The maximum absolute atomic E-state index is 6.18. The summed E-state index contributed by atoms with van der Waals surface area (Å²) in [6.07, 6.45) is 12.0. The van der Waals surface area contributed by atoms with Gasteiger partial charge in [-0.1, -0.05) is 56.0 Å². The molecule has 0 saturated heterocycles. The average molecular weight is 290 g/mol. The van der Waals surface area contributed by atoms with Gasteiger partial charge in [0.15, 0.2) is 0 Å². The number of thiol groups is 1. The molecule has 0 spiro atoms. The lowest BCUT2D eigenvalue weighted by Crippen LogP contribution is -2.30. The van der Waals surface area contributed by atoms with Gasteiger partial charge in [0.1, 0.15) is 5.75 Å². The molecule has 1 fully saturated rings. The third-order valence-corrected chi connectivity index (χ3v) is 4.97. The van der Waals surface area contributed by atoms with Crippen LogP contribution in [0, 0.1) is 5.41 Å². The van der Waals surface area contributed by atoms with Gasteiger partial charge in [0.25, 0.3) is 0 Å². The van der Waals surface area contributed by atoms with E-state index in [-0.39, 0.29) is 5.41 Å². The van der Waals surface area contributed by atoms with E-state index in [0.717, 1.165) is 23.7 Å². The Balaban J connectivity index is 2.06. The molecule has 1 aliphatic rings. The van der Waals surface area contributed by atoms with Gasteiger partial charge < -0.3 is 4.74 Å². The fourth-order valence-corrected chi connectivity index (χ4v) is 3.39. The number of hydrogen-bond acceptors (Lipinski definition) is 2. The van der Waals surface area contributed by atoms with Crippen LogP contribution in [-0.2, 0) is 0 Å². The summed E-state index contributed by atoms with van der Waals surface area (Å²) in [7, 11) is 0. The smallest absolute Gasteiger partial charge is 0.126 e. The fraction of sp³-hybridized carbons (Fsp3) is 0.556. The Morgan fingerprint density at radius 2 is 1.85 bits per heavy atom. The van der Waals surface area contributed by atoms with Crippen LogP contribution < -0.4 is 4.74 Å². The molecule has 1 aromatic rings. The van der Waals surface area contributed by atoms with Crippen molar-refractivity contribution in [3.8, 4) is 5.75 Å². The molecular weight excluding hydrogens is 264 g/mol. The van der Waals surface area contributed by atoms with Crippen LogP contribution in [-0.4, -0.2) is 12.4 Å². The second kappa shape index (κ2) is 7.78. The zero-order valence-electron chi connectivity index (χ0n) is 12.5. The standard InChI is InChI=1S/C18H26OS/c1-2-9-16-10-5-6-11-17(16)19-14-18(15-20)12-7-3-4-8-13-18/h2,5-6,9-11,20H,3-4,7-8,12-15H2,1H3/b9-2+. The van der Waals surface area contributed by atoms with Crippen molar-refractivity contribution in [2.75, 3.05) is 12.4 Å². The van der Waals surface area contributed by atoms with Gasteiger partial charge in [0.2, 0.25) is 0 Å². The minimum Gasteiger partial charge on any atom is -0.492 e. The van der Waals surface area contributed by atoms with Gasteiger partial charge in [-0.15, -0.1) is 0 Å². The van der Waals surface area contributed by atoms with Crippen LogP contribution in [0.3, 0.4) is 0 Å². The Bertz CT molecular complexity index is 431. The van der Waals surface area contributed by atoms with Crippen LogP contribution in [0.1, 0.15) is 51.0 Å². The summed E-state index contributed by atoms with van der Waals surface area (Å²) in [6, 6.07) is 8.28. The third kappa shape index (κ3) is 4.05. The first kappa shape index (κ1) is 15.5. The third-order valence-electron chi connectivity index (χ3n) is 4.30. The van der Waals surface area contributed by atoms with Gasteiger partial charge in [0.05, 0.1) is 6.61 Å². The van der Waals surface area contributed by atoms with E-state index in [1.807, 2.05) is 13.0 Å². The average Bonchev–Trinajstić information content (AvgIpc) is 2.73. The zero-order chi connectivity index (χ0) is 14.3. The molecular formula is C18H26OS. The van der Waals surface area contributed by atoms with E-state index in [9.17, 15) is 0 Å². The topological polar surface area (TPSA) is 9.23 Å². The van der Waals surface area contributed by atoms with Crippen LogP contribution in [0.5, 0.6) is 5.75 Å². The molecule has 0 amide bonds. The molecule has 0 aromatic heterocycles. The van der Waals surface area contributed by atoms with Crippen molar-refractivity contribution in [2.45, 2.75) is 45.4 Å². The summed E-state index contributed by atoms with van der Waals surface area (Å²) in [6.45, 7) is 2.84. The molecule has 1 saturated carbocycles. The van der Waals surface area contributed by atoms with E-state index in [1.165, 1.54) is 38.5 Å². The van der Waals surface area contributed by atoms with Gasteiger partial charge in [-0.2, -0.15) is 12.6 Å². The molecule has 20 heavy (non-hydrogen) atoms. The van der Waals surface area contributed by atoms with Crippen LogP contribution >= 0.6 is 12.6 Å². The van der Waals surface area contributed by atoms with Crippen LogP contribution in [0.15, 0.2) is 30.3 Å². The molecule has 0 unspecified atom stereocenters. The van der Waals surface area contributed by atoms with Crippen LogP contribution in [0.2, 0.25) is 0 Å². The fourth-order valence-electron chi connectivity index (χ4n) is 2.99. The molecule has 1 aliphatic carbocycles. The van der Waals surface area contributed by atoms with E-state index < -0.39 is 0 Å². The lowest BCUT2D eigenvalue weighted by Gasteiger charge is -2.31. The van der Waals surface area contributed by atoms with E-state index in [0.29, 0.717) is 0 Å². The van der Waals surface area contributed by atoms with E-state index in [4.69, 9.17) is 4.74 Å². The van der Waals surface area contributed by atoms with E-state index in [1.54, 1.807) is 0 Å². The Hall–Kier alpha value is -0.890. The predicted octanol–water partition coefficient (Wildman–Crippen LogP) is 5.37. The van der Waals surface area contributed by atoms with Crippen molar-refractivity contribution in [1.29, 1.82) is 0 Å². The van der Waals surface area contributed by atoms with E-state index in [2.05, 4.69) is 43.0 Å². The molecule has 2 heteroatoms. The molecule has 0 heterocycles. The molecule has 1 nitrogen and oxygen atoms in total. The minimum atomic E-state index is 0.267. The molecule has 0 N–H and O–H groups in total. The van der Waals surface area contributed by atoms with Gasteiger partial charge in [0, 0.05) is 11.0 Å². The quantitative estimate of drug-likeness (QED) is 0.566. The summed E-state index contributed by atoms with van der Waals surface area (Å²) in [4.78, 5) is 0. The van der Waals surface area contributed by atoms with Gasteiger partial charge in [-0.25, -0.2) is 0 Å². The molecule has 0 radical (unpaired) electrons. The Labute approximate surface area is 128 Å². The highest BCUT2D eigenvalue weighted by molar-refractivity contribution is 7.80. The van der Waals surface area contributed by atoms with Crippen molar-refractivity contribution in [1.82, 2.24) is 0 Å². The zero-order valence-corrected chi connectivity index (χ0v) is 13.4. The molecule has 0 aliphatic heterocycles. The largest absolute Gasteiger partial charge is 0.492 e. The van der Waals surface area contributed by atoms with Crippen LogP contribution in [0.25, 0.3) is 6.08 Å². The highest BCUT2D eigenvalue weighted by Gasteiger charge is 2.30. The SMILES string of the molecule is C/C=C/c1ccccc1OCC1(CS)CCCCCC1. The molecule has 2 rings (SSSR count). The molecule has 1 aromatic carbocycles. The van der Waals surface area contributed by atoms with Gasteiger partial charge >= 0.3 is 0 Å². The summed E-state index contributed by atoms with van der Waals surface area (Å²) in [5, 5.41) is 0. The number of para-hydroxylation sites is 1. The molecule has 0 bridgehead atoms. The maximum Gasteiger partial charge on any atom is 0.126 e. The summed E-state index contributed by atoms with van der Waals surface area (Å²) in [5.41, 5.74) is 1.43. The number of benzene rings is 1. The summed E-state index contributed by atoms with van der Waals surface area (Å²) in [5.74, 6) is 1.93. The monoisotopic (exact) mass is 290 g/mol. The first-order valence-corrected chi connectivity index (χ1v) is 8.38. The number of allylic oxidation sites excluding steroid dienone is 1. The van der Waals surface area contributed by atoms with Crippen molar-refractivity contribution >= 4 is 18.7 Å². The van der Waals surface area contributed by atoms with Crippen molar-refractivity contribution in [2.24, 2.45) is 5.41 Å². The van der Waals surface area contributed by atoms with Gasteiger partial charge in [-0.3, -0.25) is 0 Å². The first-order chi connectivity index (χ1) is 9.79. The van der Waals surface area contributed by atoms with Gasteiger partial charge in [-0.05, 0) is 31.6 Å². The number of rotatable bonds is 5. The lowest BCUT2D eigenvalue weighted by atomic mass is 9.83. The minimum absolute atomic E-state index is 0.267. The Morgan fingerprint density at radius 3 is 2.50 bits per heavy atom. The Morgan fingerprint density at radius 1 is 1.15 bits per heavy atom. The second-order valence-corrected chi connectivity index (χ2v) is 6.22. The molecule has 0 atom stereocenters. The van der Waals surface area contributed by atoms with Crippen molar-refractivity contribution < 1.29 is 4.74 Å². The summed E-state index contributed by atoms with van der Waals surface area (Å²) >= 11 is 4.62.